The molecule has 0 unspecified atom stereocenters. The zero-order valence-electron chi connectivity index (χ0n) is 11.7. The van der Waals surface area contributed by atoms with Crippen molar-refractivity contribution in [3.63, 3.8) is 0 Å². The molecule has 1 saturated carbocycles. The van der Waals surface area contributed by atoms with Crippen molar-refractivity contribution in [1.82, 2.24) is 0 Å². The summed E-state index contributed by atoms with van der Waals surface area (Å²) in [6.45, 7) is 0. The second-order valence-corrected chi connectivity index (χ2v) is 5.48. The van der Waals surface area contributed by atoms with Crippen molar-refractivity contribution in [2.75, 3.05) is 7.11 Å². The number of ether oxygens (including phenoxy) is 3. The summed E-state index contributed by atoms with van der Waals surface area (Å²) in [7, 11) is 1.39. The standard InChI is InChI=1S/C16H20O4/c1-18-15(17)14-13(12-8-4-2-5-9-12)19-16(20-14)10-6-3-7-11-16/h2,4-5,8-9,13-14H,3,6-7,10-11H2,1H3/t13-,14+/m1/s1. The van der Waals surface area contributed by atoms with Crippen LogP contribution in [0.4, 0.5) is 0 Å². The van der Waals surface area contributed by atoms with Crippen LogP contribution in [-0.2, 0) is 19.0 Å². The molecule has 1 aromatic carbocycles. The van der Waals surface area contributed by atoms with Gasteiger partial charge >= 0.3 is 5.97 Å². The van der Waals surface area contributed by atoms with Gasteiger partial charge in [-0.05, 0) is 18.4 Å². The van der Waals surface area contributed by atoms with E-state index in [-0.39, 0.29) is 12.1 Å². The molecule has 0 aromatic heterocycles. The van der Waals surface area contributed by atoms with Crippen molar-refractivity contribution < 1.29 is 19.0 Å². The maximum Gasteiger partial charge on any atom is 0.338 e. The van der Waals surface area contributed by atoms with Gasteiger partial charge in [-0.25, -0.2) is 4.79 Å². The van der Waals surface area contributed by atoms with Crippen molar-refractivity contribution >= 4 is 5.97 Å². The molecule has 1 spiro atoms. The van der Waals surface area contributed by atoms with Gasteiger partial charge in [-0.15, -0.1) is 0 Å². The summed E-state index contributed by atoms with van der Waals surface area (Å²) in [5, 5.41) is 0. The molecule has 0 amide bonds. The number of hydrogen-bond donors (Lipinski definition) is 0. The highest BCUT2D eigenvalue weighted by Crippen LogP contribution is 2.46. The third-order valence-corrected chi connectivity index (χ3v) is 4.14. The molecule has 1 heterocycles. The van der Waals surface area contributed by atoms with E-state index in [2.05, 4.69) is 0 Å². The number of esters is 1. The lowest BCUT2D eigenvalue weighted by Gasteiger charge is -2.31. The highest BCUT2D eigenvalue weighted by Gasteiger charge is 2.51. The van der Waals surface area contributed by atoms with Crippen LogP contribution in [0.3, 0.4) is 0 Å². The van der Waals surface area contributed by atoms with Crippen molar-refractivity contribution in [2.24, 2.45) is 0 Å². The number of carbonyl (C=O) groups excluding carboxylic acids is 1. The molecule has 1 aliphatic heterocycles. The van der Waals surface area contributed by atoms with E-state index in [9.17, 15) is 4.79 Å². The Bertz CT molecular complexity index is 465. The average molecular weight is 276 g/mol. The molecule has 1 aliphatic carbocycles. The van der Waals surface area contributed by atoms with E-state index in [1.165, 1.54) is 13.5 Å². The van der Waals surface area contributed by atoms with Crippen molar-refractivity contribution in [1.29, 1.82) is 0 Å². The summed E-state index contributed by atoms with van der Waals surface area (Å²) < 4.78 is 17.1. The van der Waals surface area contributed by atoms with Crippen LogP contribution < -0.4 is 0 Å². The largest absolute Gasteiger partial charge is 0.467 e. The lowest BCUT2D eigenvalue weighted by molar-refractivity contribution is -0.199. The highest BCUT2D eigenvalue weighted by molar-refractivity contribution is 5.76. The molecule has 0 bridgehead atoms. The summed E-state index contributed by atoms with van der Waals surface area (Å²) in [5.41, 5.74) is 0.963. The van der Waals surface area contributed by atoms with Crippen molar-refractivity contribution in [3.05, 3.63) is 35.9 Å². The Morgan fingerprint density at radius 2 is 1.85 bits per heavy atom. The van der Waals surface area contributed by atoms with Gasteiger partial charge in [0.2, 0.25) is 0 Å². The Hall–Kier alpha value is -1.39. The second-order valence-electron chi connectivity index (χ2n) is 5.48. The third kappa shape index (κ3) is 2.45. The molecule has 1 aromatic rings. The fourth-order valence-corrected chi connectivity index (χ4v) is 3.11. The van der Waals surface area contributed by atoms with E-state index < -0.39 is 11.9 Å². The summed E-state index contributed by atoms with van der Waals surface area (Å²) in [5.74, 6) is -0.959. The first kappa shape index (κ1) is 13.6. The van der Waals surface area contributed by atoms with Crippen LogP contribution in [0, 0.1) is 0 Å². The van der Waals surface area contributed by atoms with Crippen LogP contribution in [0.15, 0.2) is 30.3 Å². The van der Waals surface area contributed by atoms with E-state index >= 15 is 0 Å². The van der Waals surface area contributed by atoms with Crippen LogP contribution in [0.2, 0.25) is 0 Å². The third-order valence-electron chi connectivity index (χ3n) is 4.14. The SMILES string of the molecule is COC(=O)[C@H]1OC2(CCCCC2)O[C@@H]1c1ccccc1. The van der Waals surface area contributed by atoms with Gasteiger partial charge in [0.15, 0.2) is 11.9 Å². The predicted molar refractivity (Wildman–Crippen MR) is 73.0 cm³/mol. The lowest BCUT2D eigenvalue weighted by Crippen LogP contribution is -2.35. The molecule has 20 heavy (non-hydrogen) atoms. The van der Waals surface area contributed by atoms with E-state index in [1.54, 1.807) is 0 Å². The van der Waals surface area contributed by atoms with Crippen LogP contribution >= 0.6 is 0 Å². The molecule has 2 atom stereocenters. The number of carbonyl (C=O) groups is 1. The van der Waals surface area contributed by atoms with Gasteiger partial charge in [0.25, 0.3) is 0 Å². The van der Waals surface area contributed by atoms with Crippen molar-refractivity contribution in [3.8, 4) is 0 Å². The zero-order valence-corrected chi connectivity index (χ0v) is 11.7. The first-order valence-electron chi connectivity index (χ1n) is 7.22. The first-order chi connectivity index (χ1) is 9.74. The predicted octanol–water partition coefficient (Wildman–Crippen LogP) is 2.98. The van der Waals surface area contributed by atoms with Crippen LogP contribution in [-0.4, -0.2) is 25.0 Å². The minimum Gasteiger partial charge on any atom is -0.467 e. The quantitative estimate of drug-likeness (QED) is 0.779. The molecule has 3 rings (SSSR count). The van der Waals surface area contributed by atoms with Gasteiger partial charge in [-0.3, -0.25) is 0 Å². The summed E-state index contributed by atoms with van der Waals surface area (Å²) in [4.78, 5) is 12.0. The molecule has 2 fully saturated rings. The minimum atomic E-state index is -0.666. The smallest absolute Gasteiger partial charge is 0.338 e. The van der Waals surface area contributed by atoms with E-state index in [1.807, 2.05) is 30.3 Å². The molecule has 0 N–H and O–H groups in total. The van der Waals surface area contributed by atoms with E-state index in [0.717, 1.165) is 31.2 Å². The molecule has 1 saturated heterocycles. The number of benzene rings is 1. The molecule has 0 radical (unpaired) electrons. The van der Waals surface area contributed by atoms with Crippen LogP contribution in [0.5, 0.6) is 0 Å². The first-order valence-corrected chi connectivity index (χ1v) is 7.22. The Morgan fingerprint density at radius 1 is 1.15 bits per heavy atom. The molecule has 2 aliphatic rings. The molecule has 4 heteroatoms. The summed E-state index contributed by atoms with van der Waals surface area (Å²) >= 11 is 0. The Kier molecular flexibility index (Phi) is 3.76. The Labute approximate surface area is 119 Å². The zero-order chi connectivity index (χ0) is 14.0. The Balaban J connectivity index is 1.88. The van der Waals surface area contributed by atoms with Crippen LogP contribution in [0.1, 0.15) is 43.8 Å². The highest BCUT2D eigenvalue weighted by atomic mass is 16.8. The average Bonchev–Trinajstić information content (AvgIpc) is 2.87. The summed E-state index contributed by atoms with van der Waals surface area (Å²) in [6.07, 6.45) is 4.02. The maximum atomic E-state index is 12.0. The Morgan fingerprint density at radius 3 is 2.50 bits per heavy atom. The fraction of sp³-hybridized carbons (Fsp3) is 0.562. The summed E-state index contributed by atoms with van der Waals surface area (Å²) in [6, 6.07) is 9.76. The van der Waals surface area contributed by atoms with Gasteiger partial charge in [-0.1, -0.05) is 36.8 Å². The van der Waals surface area contributed by atoms with Crippen LogP contribution in [0.25, 0.3) is 0 Å². The normalized spacial score (nSPS) is 28.4. The van der Waals surface area contributed by atoms with E-state index in [4.69, 9.17) is 14.2 Å². The van der Waals surface area contributed by atoms with Gasteiger partial charge in [0, 0.05) is 12.8 Å². The second kappa shape index (κ2) is 5.54. The number of rotatable bonds is 2. The molecular weight excluding hydrogens is 256 g/mol. The number of methoxy groups -OCH3 is 1. The topological polar surface area (TPSA) is 44.8 Å². The van der Waals surface area contributed by atoms with Crippen molar-refractivity contribution in [2.45, 2.75) is 50.1 Å². The monoisotopic (exact) mass is 276 g/mol. The van der Waals surface area contributed by atoms with Gasteiger partial charge in [-0.2, -0.15) is 0 Å². The lowest BCUT2D eigenvalue weighted by atomic mass is 9.94. The van der Waals surface area contributed by atoms with Gasteiger partial charge < -0.3 is 14.2 Å². The molecule has 4 nitrogen and oxygen atoms in total. The fourth-order valence-electron chi connectivity index (χ4n) is 3.11. The minimum absolute atomic E-state index is 0.360. The maximum absolute atomic E-state index is 12.0. The van der Waals surface area contributed by atoms with Gasteiger partial charge in [0.05, 0.1) is 7.11 Å². The van der Waals surface area contributed by atoms with Gasteiger partial charge in [0.1, 0.15) is 6.10 Å². The molecular formula is C16H20O4. The number of hydrogen-bond acceptors (Lipinski definition) is 4. The van der Waals surface area contributed by atoms with E-state index in [0.29, 0.717) is 0 Å². The molecule has 108 valence electrons.